The van der Waals surface area contributed by atoms with Gasteiger partial charge in [-0.05, 0) is 31.7 Å². The highest BCUT2D eigenvalue weighted by molar-refractivity contribution is 5.70. The fourth-order valence-corrected chi connectivity index (χ4v) is 4.30. The molecule has 3 fully saturated rings. The summed E-state index contributed by atoms with van der Waals surface area (Å²) in [5, 5.41) is 9.38. The van der Waals surface area contributed by atoms with Gasteiger partial charge >= 0.3 is 5.97 Å². The van der Waals surface area contributed by atoms with Crippen molar-refractivity contribution in [3.05, 3.63) is 0 Å². The fourth-order valence-electron chi connectivity index (χ4n) is 4.30. The standard InChI is InChI=1S/C15H25NO4/c1-2-5-16-10-12(14(17)18)8-11-9-15(4-3-13(11)16)19-6-7-20-15/h11-13H,2-10H2,1H3,(H,17,18)/t11-,12+,13-/m1/s1. The summed E-state index contributed by atoms with van der Waals surface area (Å²) < 4.78 is 11.7. The minimum atomic E-state index is -0.655. The highest BCUT2D eigenvalue weighted by Crippen LogP contribution is 2.45. The molecule has 1 N–H and O–H groups in total. The summed E-state index contributed by atoms with van der Waals surface area (Å²) in [6.45, 7) is 5.22. The molecule has 2 saturated heterocycles. The van der Waals surface area contributed by atoms with Crippen LogP contribution in [-0.4, -0.2) is 54.1 Å². The van der Waals surface area contributed by atoms with Crippen LogP contribution >= 0.6 is 0 Å². The second kappa shape index (κ2) is 5.62. The molecule has 20 heavy (non-hydrogen) atoms. The van der Waals surface area contributed by atoms with Crippen LogP contribution < -0.4 is 0 Å². The molecule has 1 spiro atoms. The molecule has 0 unspecified atom stereocenters. The number of hydrogen-bond acceptors (Lipinski definition) is 4. The molecule has 0 amide bonds. The maximum absolute atomic E-state index is 11.4. The zero-order valence-corrected chi connectivity index (χ0v) is 12.2. The second-order valence-corrected chi connectivity index (χ2v) is 6.44. The molecular formula is C15H25NO4. The van der Waals surface area contributed by atoms with E-state index in [0.717, 1.165) is 38.6 Å². The molecule has 3 rings (SSSR count). The largest absolute Gasteiger partial charge is 0.481 e. The third-order valence-corrected chi connectivity index (χ3v) is 5.12. The van der Waals surface area contributed by atoms with Crippen LogP contribution in [0.2, 0.25) is 0 Å². The molecule has 0 aromatic rings. The zero-order chi connectivity index (χ0) is 14.2. The average molecular weight is 283 g/mol. The molecule has 2 aliphatic heterocycles. The Hall–Kier alpha value is -0.650. The van der Waals surface area contributed by atoms with Gasteiger partial charge in [0.25, 0.3) is 0 Å². The van der Waals surface area contributed by atoms with Crippen LogP contribution in [0.4, 0.5) is 0 Å². The van der Waals surface area contributed by atoms with E-state index in [4.69, 9.17) is 9.47 Å². The summed E-state index contributed by atoms with van der Waals surface area (Å²) >= 11 is 0. The van der Waals surface area contributed by atoms with Gasteiger partial charge in [-0.25, -0.2) is 0 Å². The van der Waals surface area contributed by atoms with Crippen molar-refractivity contribution < 1.29 is 19.4 Å². The van der Waals surface area contributed by atoms with E-state index in [-0.39, 0.29) is 5.92 Å². The monoisotopic (exact) mass is 283 g/mol. The van der Waals surface area contributed by atoms with Gasteiger partial charge in [0.2, 0.25) is 0 Å². The first-order valence-electron chi connectivity index (χ1n) is 7.88. The van der Waals surface area contributed by atoms with Gasteiger partial charge in [0.05, 0.1) is 19.1 Å². The van der Waals surface area contributed by atoms with Crippen LogP contribution in [0, 0.1) is 11.8 Å². The Morgan fingerprint density at radius 1 is 1.40 bits per heavy atom. The number of aliphatic carboxylic acids is 1. The molecule has 0 bridgehead atoms. The highest BCUT2D eigenvalue weighted by Gasteiger charge is 2.49. The summed E-state index contributed by atoms with van der Waals surface area (Å²) in [5.74, 6) is -0.903. The van der Waals surface area contributed by atoms with Crippen LogP contribution in [0.1, 0.15) is 39.0 Å². The van der Waals surface area contributed by atoms with Gasteiger partial charge in [-0.2, -0.15) is 0 Å². The van der Waals surface area contributed by atoms with Crippen LogP contribution in [0.25, 0.3) is 0 Å². The van der Waals surface area contributed by atoms with E-state index in [9.17, 15) is 9.90 Å². The van der Waals surface area contributed by atoms with Crippen LogP contribution in [0.15, 0.2) is 0 Å². The number of hydrogen-bond donors (Lipinski definition) is 1. The number of fused-ring (bicyclic) bond motifs is 1. The van der Waals surface area contributed by atoms with E-state index in [2.05, 4.69) is 11.8 Å². The topological polar surface area (TPSA) is 59.0 Å². The molecule has 114 valence electrons. The Morgan fingerprint density at radius 2 is 2.15 bits per heavy atom. The fraction of sp³-hybridized carbons (Fsp3) is 0.933. The average Bonchev–Trinajstić information content (AvgIpc) is 2.86. The van der Waals surface area contributed by atoms with Crippen molar-refractivity contribution in [2.75, 3.05) is 26.3 Å². The Kier molecular flexibility index (Phi) is 4.02. The summed E-state index contributed by atoms with van der Waals surface area (Å²) in [4.78, 5) is 13.8. The number of nitrogens with zero attached hydrogens (tertiary/aromatic N) is 1. The minimum absolute atomic E-state index is 0.237. The molecule has 3 aliphatic rings. The number of rotatable bonds is 3. The molecule has 1 aliphatic carbocycles. The van der Waals surface area contributed by atoms with Crippen molar-refractivity contribution in [2.45, 2.75) is 50.9 Å². The molecule has 0 aromatic heterocycles. The number of likely N-dealkylation sites (tertiary alicyclic amines) is 1. The molecule has 3 atom stereocenters. The van der Waals surface area contributed by atoms with E-state index < -0.39 is 11.8 Å². The lowest BCUT2D eigenvalue weighted by Crippen LogP contribution is -2.56. The Balaban J connectivity index is 1.74. The number of piperidine rings is 1. The number of carbonyl (C=O) groups is 1. The predicted molar refractivity (Wildman–Crippen MR) is 73.4 cm³/mol. The van der Waals surface area contributed by atoms with Crippen molar-refractivity contribution in [3.63, 3.8) is 0 Å². The number of ether oxygens (including phenoxy) is 2. The van der Waals surface area contributed by atoms with Crippen molar-refractivity contribution in [1.82, 2.24) is 4.90 Å². The Morgan fingerprint density at radius 3 is 2.80 bits per heavy atom. The van der Waals surface area contributed by atoms with Crippen molar-refractivity contribution in [3.8, 4) is 0 Å². The quantitative estimate of drug-likeness (QED) is 0.854. The molecule has 1 saturated carbocycles. The highest BCUT2D eigenvalue weighted by atomic mass is 16.7. The van der Waals surface area contributed by atoms with Gasteiger partial charge in [0.15, 0.2) is 5.79 Å². The van der Waals surface area contributed by atoms with E-state index in [0.29, 0.717) is 31.7 Å². The first-order chi connectivity index (χ1) is 9.63. The maximum Gasteiger partial charge on any atom is 0.307 e. The Labute approximate surface area is 120 Å². The maximum atomic E-state index is 11.4. The van der Waals surface area contributed by atoms with Crippen molar-refractivity contribution in [1.29, 1.82) is 0 Å². The molecule has 0 radical (unpaired) electrons. The lowest BCUT2D eigenvalue weighted by molar-refractivity contribution is -0.204. The van der Waals surface area contributed by atoms with Crippen molar-refractivity contribution >= 4 is 5.97 Å². The second-order valence-electron chi connectivity index (χ2n) is 6.44. The number of carboxylic acid groups (broad SMARTS) is 1. The van der Waals surface area contributed by atoms with Crippen molar-refractivity contribution in [2.24, 2.45) is 11.8 Å². The summed E-state index contributed by atoms with van der Waals surface area (Å²) in [7, 11) is 0. The van der Waals surface area contributed by atoms with E-state index in [1.165, 1.54) is 0 Å². The normalized spacial score (nSPS) is 37.0. The first-order valence-corrected chi connectivity index (χ1v) is 7.88. The summed E-state index contributed by atoms with van der Waals surface area (Å²) in [6.07, 6.45) is 4.73. The van der Waals surface area contributed by atoms with E-state index in [1.807, 2.05) is 0 Å². The van der Waals surface area contributed by atoms with Gasteiger partial charge in [0.1, 0.15) is 0 Å². The van der Waals surface area contributed by atoms with Crippen LogP contribution in [-0.2, 0) is 14.3 Å². The van der Waals surface area contributed by atoms with Gasteiger partial charge < -0.3 is 14.6 Å². The smallest absolute Gasteiger partial charge is 0.307 e. The summed E-state index contributed by atoms with van der Waals surface area (Å²) in [5.41, 5.74) is 0. The third-order valence-electron chi connectivity index (χ3n) is 5.12. The molecular weight excluding hydrogens is 258 g/mol. The van der Waals surface area contributed by atoms with Gasteiger partial charge in [-0.1, -0.05) is 6.92 Å². The van der Waals surface area contributed by atoms with Crippen LogP contribution in [0.5, 0.6) is 0 Å². The molecule has 5 nitrogen and oxygen atoms in total. The SMILES string of the molecule is CCCN1C[C@@H](C(=O)O)C[C@@H]2CC3(CC[C@H]21)OCCO3. The van der Waals surface area contributed by atoms with Crippen LogP contribution in [0.3, 0.4) is 0 Å². The zero-order valence-electron chi connectivity index (χ0n) is 12.2. The summed E-state index contributed by atoms with van der Waals surface area (Å²) in [6, 6.07) is 0.518. The first kappa shape index (κ1) is 14.3. The van der Waals surface area contributed by atoms with Gasteiger partial charge in [-0.15, -0.1) is 0 Å². The lowest BCUT2D eigenvalue weighted by Gasteiger charge is -2.50. The molecule has 0 aromatic carbocycles. The third kappa shape index (κ3) is 2.59. The van der Waals surface area contributed by atoms with Gasteiger partial charge in [0, 0.05) is 25.4 Å². The van der Waals surface area contributed by atoms with Gasteiger partial charge in [-0.3, -0.25) is 9.69 Å². The predicted octanol–water partition coefficient (Wildman–Crippen LogP) is 1.71. The molecule has 2 heterocycles. The number of carboxylic acids is 1. The Bertz CT molecular complexity index is 367. The lowest BCUT2D eigenvalue weighted by atomic mass is 9.72. The van der Waals surface area contributed by atoms with E-state index in [1.54, 1.807) is 0 Å². The molecule has 5 heteroatoms. The minimum Gasteiger partial charge on any atom is -0.481 e. The van der Waals surface area contributed by atoms with E-state index >= 15 is 0 Å².